The van der Waals surface area contributed by atoms with E-state index >= 15 is 0 Å². The van der Waals surface area contributed by atoms with Gasteiger partial charge in [-0.1, -0.05) is 32.1 Å². The lowest BCUT2D eigenvalue weighted by molar-refractivity contribution is -0.116. The first kappa shape index (κ1) is 13.9. The number of benzene rings is 1. The molecule has 1 saturated carbocycles. The van der Waals surface area contributed by atoms with E-state index in [1.165, 1.54) is 32.1 Å². The van der Waals surface area contributed by atoms with Crippen LogP contribution in [0, 0.1) is 12.8 Å². The van der Waals surface area contributed by atoms with Crippen LogP contribution in [0.15, 0.2) is 18.2 Å². The molecule has 1 aliphatic rings. The summed E-state index contributed by atoms with van der Waals surface area (Å²) in [6, 6.07) is 5.15. The van der Waals surface area contributed by atoms with Crippen LogP contribution in [0.3, 0.4) is 0 Å². The third-order valence-corrected chi connectivity index (χ3v) is 3.98. The summed E-state index contributed by atoms with van der Waals surface area (Å²) >= 11 is 0. The molecule has 0 aliphatic heterocycles. The van der Waals surface area contributed by atoms with E-state index in [9.17, 15) is 9.90 Å². The number of rotatable bonds is 4. The smallest absolute Gasteiger partial charge is 0.224 e. The maximum absolute atomic E-state index is 11.9. The van der Waals surface area contributed by atoms with Crippen LogP contribution in [0.4, 0.5) is 5.69 Å². The Bertz CT molecular complexity index is 436. The fourth-order valence-electron chi connectivity index (χ4n) is 2.77. The highest BCUT2D eigenvalue weighted by atomic mass is 16.3. The summed E-state index contributed by atoms with van der Waals surface area (Å²) in [4.78, 5) is 11.9. The highest BCUT2D eigenvalue weighted by Gasteiger charge is 2.14. The van der Waals surface area contributed by atoms with Crippen LogP contribution >= 0.6 is 0 Å². The molecule has 1 aliphatic carbocycles. The molecule has 1 fully saturated rings. The Kier molecular flexibility index (Phi) is 4.83. The number of nitrogens with one attached hydrogen (secondary N) is 1. The number of phenols is 1. The van der Waals surface area contributed by atoms with Crippen molar-refractivity contribution in [2.75, 3.05) is 5.32 Å². The number of anilines is 1. The molecule has 0 heterocycles. The molecule has 0 atom stereocenters. The van der Waals surface area contributed by atoms with E-state index in [2.05, 4.69) is 5.32 Å². The lowest BCUT2D eigenvalue weighted by atomic mass is 9.86. The van der Waals surface area contributed by atoms with Crippen LogP contribution in [0.2, 0.25) is 0 Å². The Morgan fingerprint density at radius 3 is 2.74 bits per heavy atom. The first-order valence-electron chi connectivity index (χ1n) is 7.24. The zero-order chi connectivity index (χ0) is 13.7. The van der Waals surface area contributed by atoms with E-state index in [0.29, 0.717) is 6.42 Å². The zero-order valence-electron chi connectivity index (χ0n) is 11.6. The van der Waals surface area contributed by atoms with Crippen molar-refractivity contribution in [2.24, 2.45) is 5.92 Å². The van der Waals surface area contributed by atoms with Gasteiger partial charge in [0.05, 0.1) is 0 Å². The van der Waals surface area contributed by atoms with Gasteiger partial charge < -0.3 is 10.4 Å². The number of carbonyl (C=O) groups excluding carboxylic acids is 1. The highest BCUT2D eigenvalue weighted by Crippen LogP contribution is 2.27. The van der Waals surface area contributed by atoms with Crippen molar-refractivity contribution in [2.45, 2.75) is 51.9 Å². The second-order valence-electron chi connectivity index (χ2n) is 5.59. The van der Waals surface area contributed by atoms with E-state index in [-0.39, 0.29) is 11.7 Å². The standard InChI is InChI=1S/C16H23NO2/c1-12-11-14(8-9-15(12)18)17-16(19)10-7-13-5-3-2-4-6-13/h8-9,11,13,18H,2-7,10H2,1H3,(H,17,19). The lowest BCUT2D eigenvalue weighted by Crippen LogP contribution is -2.14. The number of carbonyl (C=O) groups is 1. The maximum atomic E-state index is 11.9. The van der Waals surface area contributed by atoms with E-state index in [4.69, 9.17) is 0 Å². The van der Waals surface area contributed by atoms with Crippen molar-refractivity contribution in [3.63, 3.8) is 0 Å². The van der Waals surface area contributed by atoms with Gasteiger partial charge >= 0.3 is 0 Å². The van der Waals surface area contributed by atoms with Crippen molar-refractivity contribution >= 4 is 11.6 Å². The van der Waals surface area contributed by atoms with Crippen molar-refractivity contribution in [1.29, 1.82) is 0 Å². The van der Waals surface area contributed by atoms with Gasteiger partial charge in [0, 0.05) is 12.1 Å². The van der Waals surface area contributed by atoms with Crippen LogP contribution in [-0.4, -0.2) is 11.0 Å². The molecule has 1 amide bonds. The van der Waals surface area contributed by atoms with Gasteiger partial charge in [-0.2, -0.15) is 0 Å². The van der Waals surface area contributed by atoms with Gasteiger partial charge in [-0.25, -0.2) is 0 Å². The zero-order valence-corrected chi connectivity index (χ0v) is 11.6. The summed E-state index contributed by atoms with van der Waals surface area (Å²) < 4.78 is 0. The van der Waals surface area contributed by atoms with E-state index < -0.39 is 0 Å². The maximum Gasteiger partial charge on any atom is 0.224 e. The van der Waals surface area contributed by atoms with E-state index in [1.807, 2.05) is 6.92 Å². The molecule has 0 radical (unpaired) electrons. The number of amides is 1. The minimum Gasteiger partial charge on any atom is -0.508 e. The van der Waals surface area contributed by atoms with Gasteiger partial charge in [0.25, 0.3) is 0 Å². The Morgan fingerprint density at radius 2 is 2.05 bits per heavy atom. The number of aryl methyl sites for hydroxylation is 1. The molecular weight excluding hydrogens is 238 g/mol. The summed E-state index contributed by atoms with van der Waals surface area (Å²) in [5, 5.41) is 12.3. The lowest BCUT2D eigenvalue weighted by Gasteiger charge is -2.21. The third-order valence-electron chi connectivity index (χ3n) is 3.98. The Hall–Kier alpha value is -1.51. The van der Waals surface area contributed by atoms with Crippen molar-refractivity contribution < 1.29 is 9.90 Å². The van der Waals surface area contributed by atoms with Gasteiger partial charge in [-0.15, -0.1) is 0 Å². The normalized spacial score (nSPS) is 16.3. The minimum absolute atomic E-state index is 0.0793. The molecule has 0 saturated heterocycles. The summed E-state index contributed by atoms with van der Waals surface area (Å²) in [5.74, 6) is 1.08. The van der Waals surface area contributed by atoms with Crippen molar-refractivity contribution in [3.8, 4) is 5.75 Å². The average Bonchev–Trinajstić information content (AvgIpc) is 2.42. The summed E-state index contributed by atoms with van der Waals surface area (Å²) in [6.07, 6.45) is 8.17. The Morgan fingerprint density at radius 1 is 1.32 bits per heavy atom. The second-order valence-corrected chi connectivity index (χ2v) is 5.59. The van der Waals surface area contributed by atoms with Crippen molar-refractivity contribution in [1.82, 2.24) is 0 Å². The number of hydrogen-bond donors (Lipinski definition) is 2. The molecule has 1 aromatic carbocycles. The van der Waals surface area contributed by atoms with E-state index in [1.54, 1.807) is 18.2 Å². The quantitative estimate of drug-likeness (QED) is 0.805. The molecule has 0 unspecified atom stereocenters. The summed E-state index contributed by atoms with van der Waals surface area (Å²) in [6.45, 7) is 1.83. The fourth-order valence-corrected chi connectivity index (χ4v) is 2.77. The Labute approximate surface area is 115 Å². The van der Waals surface area contributed by atoms with Crippen LogP contribution in [-0.2, 0) is 4.79 Å². The first-order chi connectivity index (χ1) is 9.15. The summed E-state index contributed by atoms with van der Waals surface area (Å²) in [5.41, 5.74) is 1.55. The second kappa shape index (κ2) is 6.60. The number of aromatic hydroxyl groups is 1. The molecule has 0 bridgehead atoms. The molecule has 3 nitrogen and oxygen atoms in total. The van der Waals surface area contributed by atoms with Gasteiger partial charge in [-0.05, 0) is 43.0 Å². The Balaban J connectivity index is 1.78. The number of hydrogen-bond acceptors (Lipinski definition) is 2. The monoisotopic (exact) mass is 261 g/mol. The fraction of sp³-hybridized carbons (Fsp3) is 0.562. The van der Waals surface area contributed by atoms with Crippen LogP contribution in [0.25, 0.3) is 0 Å². The third kappa shape index (κ3) is 4.27. The SMILES string of the molecule is Cc1cc(NC(=O)CCC2CCCCC2)ccc1O. The topological polar surface area (TPSA) is 49.3 Å². The molecule has 0 spiro atoms. The first-order valence-corrected chi connectivity index (χ1v) is 7.24. The van der Waals surface area contributed by atoms with Crippen LogP contribution < -0.4 is 5.32 Å². The molecule has 1 aromatic rings. The van der Waals surface area contributed by atoms with Crippen LogP contribution in [0.1, 0.15) is 50.5 Å². The van der Waals surface area contributed by atoms with Gasteiger partial charge in [0.15, 0.2) is 0 Å². The minimum atomic E-state index is 0.0793. The number of phenolic OH excluding ortho intramolecular Hbond substituents is 1. The molecule has 3 heteroatoms. The predicted molar refractivity (Wildman–Crippen MR) is 77.3 cm³/mol. The van der Waals surface area contributed by atoms with Gasteiger partial charge in [-0.3, -0.25) is 4.79 Å². The van der Waals surface area contributed by atoms with Crippen LogP contribution in [0.5, 0.6) is 5.75 Å². The van der Waals surface area contributed by atoms with Gasteiger partial charge in [0.2, 0.25) is 5.91 Å². The predicted octanol–water partition coefficient (Wildman–Crippen LogP) is 4.00. The molecule has 0 aromatic heterocycles. The molecule has 19 heavy (non-hydrogen) atoms. The molecular formula is C16H23NO2. The van der Waals surface area contributed by atoms with Crippen molar-refractivity contribution in [3.05, 3.63) is 23.8 Å². The summed E-state index contributed by atoms with van der Waals surface area (Å²) in [7, 11) is 0. The largest absolute Gasteiger partial charge is 0.508 e. The molecule has 2 rings (SSSR count). The van der Waals surface area contributed by atoms with Gasteiger partial charge in [0.1, 0.15) is 5.75 Å². The van der Waals surface area contributed by atoms with E-state index in [0.717, 1.165) is 23.6 Å². The average molecular weight is 261 g/mol. The molecule has 2 N–H and O–H groups in total. The molecule has 104 valence electrons. The highest BCUT2D eigenvalue weighted by molar-refractivity contribution is 5.90.